The van der Waals surface area contributed by atoms with Crippen molar-refractivity contribution in [2.75, 3.05) is 19.6 Å². The van der Waals surface area contributed by atoms with Crippen molar-refractivity contribution in [1.82, 2.24) is 10.2 Å². The Kier molecular flexibility index (Phi) is 4.63. The third-order valence-corrected chi connectivity index (χ3v) is 5.98. The summed E-state index contributed by atoms with van der Waals surface area (Å²) in [7, 11) is 0. The van der Waals surface area contributed by atoms with Gasteiger partial charge in [0.05, 0.1) is 0 Å². The Hall–Kier alpha value is -0.900. The molecule has 0 spiro atoms. The number of benzene rings is 1. The molecule has 1 aliphatic heterocycles. The van der Waals surface area contributed by atoms with Crippen LogP contribution in [0.15, 0.2) is 24.3 Å². The van der Waals surface area contributed by atoms with E-state index >= 15 is 0 Å². The van der Waals surface area contributed by atoms with Gasteiger partial charge in [0.2, 0.25) is 0 Å². The van der Waals surface area contributed by atoms with Gasteiger partial charge in [-0.1, -0.05) is 39.0 Å². The molecule has 21 heavy (non-hydrogen) atoms. The Bertz CT molecular complexity index is 594. The highest BCUT2D eigenvalue weighted by Gasteiger charge is 2.27. The van der Waals surface area contributed by atoms with Crippen LogP contribution in [-0.4, -0.2) is 24.5 Å². The zero-order valence-corrected chi connectivity index (χ0v) is 14.2. The molecule has 114 valence electrons. The maximum Gasteiger partial charge on any atom is 0.0349 e. The summed E-state index contributed by atoms with van der Waals surface area (Å²) < 4.78 is 1.43. The smallest absolute Gasteiger partial charge is 0.0349 e. The maximum atomic E-state index is 3.50. The summed E-state index contributed by atoms with van der Waals surface area (Å²) in [4.78, 5) is 4.16. The molecule has 0 amide bonds. The molecule has 0 aliphatic carbocycles. The highest BCUT2D eigenvalue weighted by atomic mass is 32.1. The topological polar surface area (TPSA) is 15.3 Å². The Morgan fingerprint density at radius 2 is 1.90 bits per heavy atom. The number of nitrogens with zero attached hydrogens (tertiary/aromatic N) is 1. The van der Waals surface area contributed by atoms with Gasteiger partial charge < -0.3 is 5.32 Å². The van der Waals surface area contributed by atoms with Crippen LogP contribution in [0, 0.1) is 11.8 Å². The third kappa shape index (κ3) is 3.15. The van der Waals surface area contributed by atoms with Crippen LogP contribution in [0.3, 0.4) is 0 Å². The SMILES string of the molecule is CCNCc1sc2ccccc2c1CN1CC(C)C(C)C1. The molecule has 1 N–H and O–H groups in total. The number of hydrogen-bond acceptors (Lipinski definition) is 3. The van der Waals surface area contributed by atoms with E-state index in [0.717, 1.165) is 31.5 Å². The lowest BCUT2D eigenvalue weighted by Crippen LogP contribution is -2.21. The number of fused-ring (bicyclic) bond motifs is 1. The Morgan fingerprint density at radius 3 is 2.62 bits per heavy atom. The van der Waals surface area contributed by atoms with Gasteiger partial charge in [-0.25, -0.2) is 0 Å². The van der Waals surface area contributed by atoms with E-state index in [1.54, 1.807) is 5.56 Å². The van der Waals surface area contributed by atoms with Crippen molar-refractivity contribution >= 4 is 21.4 Å². The summed E-state index contributed by atoms with van der Waals surface area (Å²) in [6.45, 7) is 12.6. The van der Waals surface area contributed by atoms with Crippen molar-refractivity contribution in [3.05, 3.63) is 34.7 Å². The van der Waals surface area contributed by atoms with Crippen LogP contribution in [0.2, 0.25) is 0 Å². The van der Waals surface area contributed by atoms with E-state index in [2.05, 4.69) is 55.3 Å². The fraction of sp³-hybridized carbons (Fsp3) is 0.556. The number of thiophene rings is 1. The zero-order valence-electron chi connectivity index (χ0n) is 13.4. The first-order chi connectivity index (χ1) is 10.2. The first-order valence-corrected chi connectivity index (χ1v) is 8.93. The summed E-state index contributed by atoms with van der Waals surface area (Å²) in [5.41, 5.74) is 1.55. The molecule has 0 saturated carbocycles. The number of likely N-dealkylation sites (tertiary alicyclic amines) is 1. The molecule has 3 rings (SSSR count). The Balaban J connectivity index is 1.88. The lowest BCUT2D eigenvalue weighted by molar-refractivity contribution is 0.316. The van der Waals surface area contributed by atoms with Gasteiger partial charge in [0.1, 0.15) is 0 Å². The van der Waals surface area contributed by atoms with Gasteiger partial charge in [-0.2, -0.15) is 0 Å². The van der Waals surface area contributed by atoms with E-state index in [-0.39, 0.29) is 0 Å². The van der Waals surface area contributed by atoms with Crippen molar-refractivity contribution in [1.29, 1.82) is 0 Å². The summed E-state index contributed by atoms with van der Waals surface area (Å²) >= 11 is 1.96. The molecular formula is C18H26N2S. The van der Waals surface area contributed by atoms with Crippen molar-refractivity contribution in [3.63, 3.8) is 0 Å². The van der Waals surface area contributed by atoms with Gasteiger partial charge in [0.15, 0.2) is 0 Å². The first-order valence-electron chi connectivity index (χ1n) is 8.11. The average Bonchev–Trinajstić information content (AvgIpc) is 2.98. The molecule has 1 aliphatic rings. The summed E-state index contributed by atoms with van der Waals surface area (Å²) in [6, 6.07) is 8.87. The molecule has 2 unspecified atom stereocenters. The van der Waals surface area contributed by atoms with Crippen LogP contribution in [-0.2, 0) is 13.1 Å². The van der Waals surface area contributed by atoms with Crippen LogP contribution in [0.5, 0.6) is 0 Å². The minimum absolute atomic E-state index is 0.826. The van der Waals surface area contributed by atoms with E-state index in [9.17, 15) is 0 Å². The molecule has 1 fully saturated rings. The lowest BCUT2D eigenvalue weighted by Gasteiger charge is -2.16. The number of nitrogens with one attached hydrogen (secondary N) is 1. The average molecular weight is 302 g/mol. The normalized spacial score (nSPS) is 23.2. The maximum absolute atomic E-state index is 3.50. The predicted octanol–water partition coefficient (Wildman–Crippen LogP) is 4.10. The van der Waals surface area contributed by atoms with Gasteiger partial charge in [-0.3, -0.25) is 4.90 Å². The van der Waals surface area contributed by atoms with Gasteiger partial charge in [-0.05, 0) is 35.4 Å². The van der Waals surface area contributed by atoms with Crippen LogP contribution < -0.4 is 5.32 Å². The van der Waals surface area contributed by atoms with Crippen molar-refractivity contribution < 1.29 is 0 Å². The van der Waals surface area contributed by atoms with E-state index < -0.39 is 0 Å². The monoisotopic (exact) mass is 302 g/mol. The first kappa shape index (κ1) is 15.0. The molecule has 2 aromatic rings. The summed E-state index contributed by atoms with van der Waals surface area (Å²) in [5, 5.41) is 4.96. The second-order valence-electron chi connectivity index (χ2n) is 6.43. The fourth-order valence-electron chi connectivity index (χ4n) is 3.31. The van der Waals surface area contributed by atoms with Crippen LogP contribution >= 0.6 is 11.3 Å². The van der Waals surface area contributed by atoms with E-state index in [1.165, 1.54) is 28.1 Å². The molecule has 1 saturated heterocycles. The second kappa shape index (κ2) is 6.47. The highest BCUT2D eigenvalue weighted by molar-refractivity contribution is 7.19. The van der Waals surface area contributed by atoms with Gasteiger partial charge in [0.25, 0.3) is 0 Å². The molecule has 2 atom stereocenters. The van der Waals surface area contributed by atoms with Gasteiger partial charge in [0, 0.05) is 35.8 Å². The zero-order chi connectivity index (χ0) is 14.8. The molecule has 0 bridgehead atoms. The molecule has 3 heteroatoms. The molecule has 1 aromatic heterocycles. The summed E-state index contributed by atoms with van der Waals surface area (Å²) in [5.74, 6) is 1.65. The standard InChI is InChI=1S/C18H26N2S/c1-4-19-9-18-16(12-20-10-13(2)14(3)11-20)15-7-5-6-8-17(15)21-18/h5-8,13-14,19H,4,9-12H2,1-3H3. The van der Waals surface area contributed by atoms with Gasteiger partial charge in [-0.15, -0.1) is 11.3 Å². The minimum Gasteiger partial charge on any atom is -0.312 e. The molecule has 2 heterocycles. The van der Waals surface area contributed by atoms with Gasteiger partial charge >= 0.3 is 0 Å². The number of hydrogen-bond donors (Lipinski definition) is 1. The largest absolute Gasteiger partial charge is 0.312 e. The van der Waals surface area contributed by atoms with Crippen molar-refractivity contribution in [2.45, 2.75) is 33.9 Å². The molecule has 1 aromatic carbocycles. The van der Waals surface area contributed by atoms with Crippen LogP contribution in [0.25, 0.3) is 10.1 Å². The Morgan fingerprint density at radius 1 is 1.19 bits per heavy atom. The second-order valence-corrected chi connectivity index (χ2v) is 7.57. The van der Waals surface area contributed by atoms with E-state index in [4.69, 9.17) is 0 Å². The van der Waals surface area contributed by atoms with Crippen molar-refractivity contribution in [2.24, 2.45) is 11.8 Å². The number of rotatable bonds is 5. The fourth-order valence-corrected chi connectivity index (χ4v) is 4.49. The molecule has 2 nitrogen and oxygen atoms in total. The van der Waals surface area contributed by atoms with Crippen LogP contribution in [0.4, 0.5) is 0 Å². The third-order valence-electron chi connectivity index (χ3n) is 4.76. The van der Waals surface area contributed by atoms with E-state index in [0.29, 0.717) is 0 Å². The summed E-state index contributed by atoms with van der Waals surface area (Å²) in [6.07, 6.45) is 0. The van der Waals surface area contributed by atoms with Crippen LogP contribution in [0.1, 0.15) is 31.2 Å². The molecular weight excluding hydrogens is 276 g/mol. The Labute approximate surface area is 132 Å². The predicted molar refractivity (Wildman–Crippen MR) is 92.8 cm³/mol. The quantitative estimate of drug-likeness (QED) is 0.894. The van der Waals surface area contributed by atoms with E-state index in [1.807, 2.05) is 11.3 Å². The van der Waals surface area contributed by atoms with Crippen molar-refractivity contribution in [3.8, 4) is 0 Å². The lowest BCUT2D eigenvalue weighted by atomic mass is 10.0. The molecule has 0 radical (unpaired) electrons. The highest BCUT2D eigenvalue weighted by Crippen LogP contribution is 2.34. The minimum atomic E-state index is 0.826.